The molecular weight excluding hydrogens is 373 g/mol. The van der Waals surface area contributed by atoms with Gasteiger partial charge < -0.3 is 15.0 Å². The van der Waals surface area contributed by atoms with E-state index >= 15 is 0 Å². The van der Waals surface area contributed by atoms with Gasteiger partial charge in [-0.1, -0.05) is 12.1 Å². The van der Waals surface area contributed by atoms with E-state index in [1.165, 1.54) is 18.3 Å². The number of ether oxygens (including phenoxy) is 1. The van der Waals surface area contributed by atoms with Gasteiger partial charge in [0, 0.05) is 37.8 Å². The summed E-state index contributed by atoms with van der Waals surface area (Å²) in [6.45, 7) is 5.26. The number of carbonyl (C=O) groups excluding carboxylic acids is 2. The van der Waals surface area contributed by atoms with Crippen LogP contribution < -0.4 is 10.1 Å². The first-order chi connectivity index (χ1) is 13.9. The zero-order valence-corrected chi connectivity index (χ0v) is 16.7. The lowest BCUT2D eigenvalue weighted by Gasteiger charge is -2.31. The predicted octanol–water partition coefficient (Wildman–Crippen LogP) is 3.18. The van der Waals surface area contributed by atoms with Gasteiger partial charge in [-0.05, 0) is 50.5 Å². The second-order valence-corrected chi connectivity index (χ2v) is 7.46. The smallest absolute Gasteiger partial charge is 0.255 e. The third-order valence-electron chi connectivity index (χ3n) is 4.87. The van der Waals surface area contributed by atoms with E-state index in [1.54, 1.807) is 29.2 Å². The van der Waals surface area contributed by atoms with E-state index < -0.39 is 0 Å². The van der Waals surface area contributed by atoms with Crippen molar-refractivity contribution in [2.24, 2.45) is 5.92 Å². The number of pyridine rings is 1. The molecule has 154 valence electrons. The first-order valence-corrected chi connectivity index (χ1v) is 9.86. The van der Waals surface area contributed by atoms with Crippen molar-refractivity contribution in [3.05, 3.63) is 59.5 Å². The van der Waals surface area contributed by atoms with Crippen LogP contribution in [0.25, 0.3) is 0 Å². The first-order valence-electron chi connectivity index (χ1n) is 9.86. The molecule has 0 bridgehead atoms. The van der Waals surface area contributed by atoms with E-state index in [9.17, 15) is 14.0 Å². The Morgan fingerprint density at radius 3 is 2.45 bits per heavy atom. The number of hydrogen-bond donors (Lipinski definition) is 1. The molecule has 3 rings (SSSR count). The second kappa shape index (κ2) is 9.49. The second-order valence-electron chi connectivity index (χ2n) is 7.46. The number of rotatable bonds is 6. The third-order valence-corrected chi connectivity index (χ3v) is 4.87. The molecule has 0 unspecified atom stereocenters. The number of likely N-dealkylation sites (tertiary alicyclic amines) is 1. The summed E-state index contributed by atoms with van der Waals surface area (Å²) in [7, 11) is 0. The van der Waals surface area contributed by atoms with Crippen LogP contribution in [0.2, 0.25) is 0 Å². The molecular formula is C22H26FN3O3. The van der Waals surface area contributed by atoms with Crippen molar-refractivity contribution in [2.75, 3.05) is 13.1 Å². The maximum Gasteiger partial charge on any atom is 0.255 e. The zero-order valence-electron chi connectivity index (χ0n) is 16.7. The molecule has 2 amide bonds. The van der Waals surface area contributed by atoms with Crippen molar-refractivity contribution in [1.82, 2.24) is 15.2 Å². The Bertz CT molecular complexity index is 829. The normalized spacial score (nSPS) is 14.7. The summed E-state index contributed by atoms with van der Waals surface area (Å²) in [6.07, 6.45) is 2.78. The van der Waals surface area contributed by atoms with Crippen LogP contribution in [0.5, 0.6) is 5.88 Å². The SMILES string of the molecule is CC(C)Oc1ccc(C(=O)N2CCC(C(=O)NCc3ccc(F)cc3)CC2)cn1. The number of nitrogens with one attached hydrogen (secondary N) is 1. The van der Waals surface area contributed by atoms with Crippen molar-refractivity contribution in [2.45, 2.75) is 39.3 Å². The van der Waals surface area contributed by atoms with E-state index in [2.05, 4.69) is 10.3 Å². The standard InChI is InChI=1S/C22H26FN3O3/c1-15(2)29-20-8-5-18(14-24-20)22(28)26-11-9-17(10-12-26)21(27)25-13-16-3-6-19(23)7-4-16/h3-8,14-15,17H,9-13H2,1-2H3,(H,25,27). The monoisotopic (exact) mass is 399 g/mol. The number of benzene rings is 1. The third kappa shape index (κ3) is 5.76. The number of piperidine rings is 1. The molecule has 0 atom stereocenters. The molecule has 2 aromatic rings. The molecule has 0 saturated carbocycles. The number of carbonyl (C=O) groups is 2. The summed E-state index contributed by atoms with van der Waals surface area (Å²) in [4.78, 5) is 31.0. The van der Waals surface area contributed by atoms with Gasteiger partial charge in [-0.2, -0.15) is 0 Å². The summed E-state index contributed by atoms with van der Waals surface area (Å²) >= 11 is 0. The van der Waals surface area contributed by atoms with Gasteiger partial charge in [0.1, 0.15) is 5.82 Å². The van der Waals surface area contributed by atoms with Crippen LogP contribution in [-0.4, -0.2) is 40.9 Å². The minimum atomic E-state index is -0.297. The van der Waals surface area contributed by atoms with E-state index in [4.69, 9.17) is 4.74 Å². The van der Waals surface area contributed by atoms with Crippen LogP contribution in [0.1, 0.15) is 42.6 Å². The van der Waals surface area contributed by atoms with Crippen LogP contribution in [0.3, 0.4) is 0 Å². The highest BCUT2D eigenvalue weighted by Gasteiger charge is 2.27. The lowest BCUT2D eigenvalue weighted by molar-refractivity contribution is -0.126. The highest BCUT2D eigenvalue weighted by Crippen LogP contribution is 2.20. The van der Waals surface area contributed by atoms with Gasteiger partial charge in [0.15, 0.2) is 0 Å². The van der Waals surface area contributed by atoms with Crippen LogP contribution >= 0.6 is 0 Å². The van der Waals surface area contributed by atoms with E-state index in [1.807, 2.05) is 13.8 Å². The molecule has 0 spiro atoms. The van der Waals surface area contributed by atoms with Crippen LogP contribution in [0.15, 0.2) is 42.6 Å². The minimum absolute atomic E-state index is 0.0253. The van der Waals surface area contributed by atoms with Crippen molar-refractivity contribution in [3.8, 4) is 5.88 Å². The maximum atomic E-state index is 12.9. The minimum Gasteiger partial charge on any atom is -0.475 e. The largest absolute Gasteiger partial charge is 0.475 e. The Morgan fingerprint density at radius 2 is 1.86 bits per heavy atom. The molecule has 1 saturated heterocycles. The molecule has 1 N–H and O–H groups in total. The molecule has 7 heteroatoms. The van der Waals surface area contributed by atoms with Crippen molar-refractivity contribution < 1.29 is 18.7 Å². The van der Waals surface area contributed by atoms with Gasteiger partial charge in [0.25, 0.3) is 5.91 Å². The number of nitrogens with zero attached hydrogens (tertiary/aromatic N) is 2. The summed E-state index contributed by atoms with van der Waals surface area (Å²) in [5.41, 5.74) is 1.37. The zero-order chi connectivity index (χ0) is 20.8. The summed E-state index contributed by atoms with van der Waals surface area (Å²) in [5, 5.41) is 2.90. The molecule has 1 aliphatic rings. The maximum absolute atomic E-state index is 12.9. The molecule has 6 nitrogen and oxygen atoms in total. The topological polar surface area (TPSA) is 71.5 Å². The van der Waals surface area contributed by atoms with Crippen LogP contribution in [-0.2, 0) is 11.3 Å². The average Bonchev–Trinajstić information content (AvgIpc) is 2.73. The van der Waals surface area contributed by atoms with E-state index in [0.29, 0.717) is 43.9 Å². The Balaban J connectivity index is 1.47. The van der Waals surface area contributed by atoms with Crippen molar-refractivity contribution >= 4 is 11.8 Å². The lowest BCUT2D eigenvalue weighted by Crippen LogP contribution is -2.43. The van der Waals surface area contributed by atoms with Crippen molar-refractivity contribution in [3.63, 3.8) is 0 Å². The highest BCUT2D eigenvalue weighted by molar-refractivity contribution is 5.94. The van der Waals surface area contributed by atoms with Gasteiger partial charge in [-0.15, -0.1) is 0 Å². The molecule has 1 aliphatic heterocycles. The van der Waals surface area contributed by atoms with Crippen molar-refractivity contribution in [1.29, 1.82) is 0 Å². The molecule has 1 aromatic heterocycles. The first kappa shape index (κ1) is 20.8. The summed E-state index contributed by atoms with van der Waals surface area (Å²) in [6, 6.07) is 9.48. The molecule has 0 radical (unpaired) electrons. The quantitative estimate of drug-likeness (QED) is 0.810. The van der Waals surface area contributed by atoms with Crippen LogP contribution in [0.4, 0.5) is 4.39 Å². The van der Waals surface area contributed by atoms with E-state index in [-0.39, 0.29) is 29.7 Å². The van der Waals surface area contributed by atoms with Gasteiger partial charge in [0.05, 0.1) is 11.7 Å². The molecule has 2 heterocycles. The van der Waals surface area contributed by atoms with Gasteiger partial charge in [-0.3, -0.25) is 9.59 Å². The summed E-state index contributed by atoms with van der Waals surface area (Å²) in [5.74, 6) is -0.0426. The van der Waals surface area contributed by atoms with Gasteiger partial charge >= 0.3 is 0 Å². The number of hydrogen-bond acceptors (Lipinski definition) is 4. The van der Waals surface area contributed by atoms with E-state index in [0.717, 1.165) is 5.56 Å². The Morgan fingerprint density at radius 1 is 1.17 bits per heavy atom. The Hall–Kier alpha value is -2.96. The number of aromatic nitrogens is 1. The molecule has 29 heavy (non-hydrogen) atoms. The molecule has 1 fully saturated rings. The fraction of sp³-hybridized carbons (Fsp3) is 0.409. The fourth-order valence-corrected chi connectivity index (χ4v) is 3.28. The Labute approximate surface area is 170 Å². The number of amides is 2. The fourth-order valence-electron chi connectivity index (χ4n) is 3.28. The highest BCUT2D eigenvalue weighted by atomic mass is 19.1. The lowest BCUT2D eigenvalue weighted by atomic mass is 9.95. The Kier molecular flexibility index (Phi) is 6.80. The molecule has 0 aliphatic carbocycles. The average molecular weight is 399 g/mol. The van der Waals surface area contributed by atoms with Gasteiger partial charge in [0.2, 0.25) is 11.8 Å². The predicted molar refractivity (Wildman–Crippen MR) is 107 cm³/mol. The number of halogens is 1. The van der Waals surface area contributed by atoms with Gasteiger partial charge in [-0.25, -0.2) is 9.37 Å². The van der Waals surface area contributed by atoms with Crippen LogP contribution in [0, 0.1) is 11.7 Å². The summed E-state index contributed by atoms with van der Waals surface area (Å²) < 4.78 is 18.4. The molecule has 1 aromatic carbocycles.